The molecule has 1 amide bonds. The largest absolute Gasteiger partial charge is 0.322 e. The highest BCUT2D eigenvalue weighted by atomic mass is 32.1. The smallest absolute Gasteiger partial charge is 0.256 e. The standard InChI is InChI=1S/C20H15NOS/c22-20(21-16-11-5-2-6-12-16)18-14-8-7-13-17(18)19(23)15-9-3-1-4-10-15/h1-14H,(H,21,22). The molecule has 0 fully saturated rings. The number of amides is 1. The fraction of sp³-hybridized carbons (Fsp3) is 0. The number of benzene rings is 3. The molecule has 0 spiro atoms. The molecule has 0 atom stereocenters. The number of rotatable bonds is 4. The summed E-state index contributed by atoms with van der Waals surface area (Å²) >= 11 is 5.58. The Labute approximate surface area is 140 Å². The van der Waals surface area contributed by atoms with Gasteiger partial charge in [0, 0.05) is 16.8 Å². The molecule has 23 heavy (non-hydrogen) atoms. The first-order chi connectivity index (χ1) is 11.3. The van der Waals surface area contributed by atoms with E-state index in [1.807, 2.05) is 78.9 Å². The maximum absolute atomic E-state index is 12.6. The molecule has 0 aliphatic carbocycles. The van der Waals surface area contributed by atoms with Crippen molar-refractivity contribution in [2.45, 2.75) is 0 Å². The van der Waals surface area contributed by atoms with Gasteiger partial charge in [0.25, 0.3) is 5.91 Å². The van der Waals surface area contributed by atoms with Gasteiger partial charge in [-0.15, -0.1) is 0 Å². The Balaban J connectivity index is 1.92. The van der Waals surface area contributed by atoms with Gasteiger partial charge in [-0.25, -0.2) is 0 Å². The first kappa shape index (κ1) is 15.1. The molecule has 0 saturated carbocycles. The van der Waals surface area contributed by atoms with Crippen molar-refractivity contribution in [3.63, 3.8) is 0 Å². The number of carbonyl (C=O) groups excluding carboxylic acids is 1. The van der Waals surface area contributed by atoms with Crippen molar-refractivity contribution in [3.8, 4) is 0 Å². The lowest BCUT2D eigenvalue weighted by atomic mass is 9.99. The van der Waals surface area contributed by atoms with E-state index in [0.717, 1.165) is 16.8 Å². The topological polar surface area (TPSA) is 29.1 Å². The van der Waals surface area contributed by atoms with E-state index < -0.39 is 0 Å². The molecule has 0 saturated heterocycles. The average molecular weight is 317 g/mol. The van der Waals surface area contributed by atoms with Crippen molar-refractivity contribution >= 4 is 28.7 Å². The molecular formula is C20H15NOS. The van der Waals surface area contributed by atoms with Gasteiger partial charge in [0.15, 0.2) is 0 Å². The summed E-state index contributed by atoms with van der Waals surface area (Å²) in [5.74, 6) is -0.162. The minimum atomic E-state index is -0.162. The van der Waals surface area contributed by atoms with Crippen molar-refractivity contribution in [2.24, 2.45) is 0 Å². The van der Waals surface area contributed by atoms with Gasteiger partial charge < -0.3 is 5.32 Å². The van der Waals surface area contributed by atoms with Gasteiger partial charge in [-0.2, -0.15) is 0 Å². The number of para-hydroxylation sites is 1. The second kappa shape index (κ2) is 6.99. The van der Waals surface area contributed by atoms with Crippen LogP contribution in [0, 0.1) is 0 Å². The summed E-state index contributed by atoms with van der Waals surface area (Å²) in [7, 11) is 0. The van der Waals surface area contributed by atoms with E-state index in [4.69, 9.17) is 12.2 Å². The van der Waals surface area contributed by atoms with Crippen LogP contribution in [0.25, 0.3) is 0 Å². The predicted molar refractivity (Wildman–Crippen MR) is 98.1 cm³/mol. The van der Waals surface area contributed by atoms with E-state index in [-0.39, 0.29) is 5.91 Å². The number of nitrogens with one attached hydrogen (secondary N) is 1. The molecule has 3 heteroatoms. The molecule has 0 heterocycles. The van der Waals surface area contributed by atoms with Crippen LogP contribution in [0.15, 0.2) is 84.9 Å². The van der Waals surface area contributed by atoms with Crippen LogP contribution in [0.5, 0.6) is 0 Å². The molecule has 0 aliphatic rings. The van der Waals surface area contributed by atoms with Gasteiger partial charge in [-0.1, -0.05) is 78.9 Å². The molecule has 1 N–H and O–H groups in total. The normalized spacial score (nSPS) is 10.1. The van der Waals surface area contributed by atoms with Gasteiger partial charge in [0.2, 0.25) is 0 Å². The Morgan fingerprint density at radius 3 is 1.87 bits per heavy atom. The van der Waals surface area contributed by atoms with Crippen molar-refractivity contribution in [1.82, 2.24) is 0 Å². The maximum Gasteiger partial charge on any atom is 0.256 e. The summed E-state index contributed by atoms with van der Waals surface area (Å²) in [5, 5.41) is 2.91. The van der Waals surface area contributed by atoms with Crippen LogP contribution in [0.4, 0.5) is 5.69 Å². The molecular weight excluding hydrogens is 302 g/mol. The van der Waals surface area contributed by atoms with Gasteiger partial charge in [-0.05, 0) is 23.8 Å². The van der Waals surface area contributed by atoms with E-state index in [9.17, 15) is 4.79 Å². The first-order valence-corrected chi connectivity index (χ1v) is 7.72. The highest BCUT2D eigenvalue weighted by Gasteiger charge is 2.15. The summed E-state index contributed by atoms with van der Waals surface area (Å²) in [4.78, 5) is 13.3. The number of anilines is 1. The van der Waals surface area contributed by atoms with Crippen LogP contribution >= 0.6 is 12.2 Å². The molecule has 0 aliphatic heterocycles. The zero-order valence-corrected chi connectivity index (χ0v) is 13.2. The molecule has 3 rings (SSSR count). The summed E-state index contributed by atoms with van der Waals surface area (Å²) in [6, 6.07) is 26.5. The Morgan fingerprint density at radius 2 is 1.22 bits per heavy atom. The first-order valence-electron chi connectivity index (χ1n) is 7.31. The van der Waals surface area contributed by atoms with Crippen LogP contribution in [-0.2, 0) is 0 Å². The number of hydrogen-bond acceptors (Lipinski definition) is 2. The van der Waals surface area contributed by atoms with Crippen LogP contribution in [-0.4, -0.2) is 10.8 Å². The quantitative estimate of drug-likeness (QED) is 0.558. The molecule has 0 unspecified atom stereocenters. The van der Waals surface area contributed by atoms with E-state index in [2.05, 4.69) is 5.32 Å². The van der Waals surface area contributed by atoms with E-state index >= 15 is 0 Å². The molecule has 112 valence electrons. The molecule has 0 aromatic heterocycles. The fourth-order valence-corrected chi connectivity index (χ4v) is 2.66. The van der Waals surface area contributed by atoms with Crippen LogP contribution in [0.1, 0.15) is 21.5 Å². The van der Waals surface area contributed by atoms with E-state index in [1.165, 1.54) is 0 Å². The summed E-state index contributed by atoms with van der Waals surface area (Å²) < 4.78 is 0. The zero-order chi connectivity index (χ0) is 16.1. The Morgan fingerprint density at radius 1 is 0.696 bits per heavy atom. The van der Waals surface area contributed by atoms with Crippen molar-refractivity contribution in [3.05, 3.63) is 102 Å². The summed E-state index contributed by atoms with van der Waals surface area (Å²) in [6.07, 6.45) is 0. The SMILES string of the molecule is O=C(Nc1ccccc1)c1ccccc1C(=S)c1ccccc1. The van der Waals surface area contributed by atoms with Crippen LogP contribution in [0.2, 0.25) is 0 Å². The van der Waals surface area contributed by atoms with Crippen molar-refractivity contribution in [1.29, 1.82) is 0 Å². The van der Waals surface area contributed by atoms with E-state index in [0.29, 0.717) is 10.4 Å². The van der Waals surface area contributed by atoms with E-state index in [1.54, 1.807) is 6.07 Å². The fourth-order valence-electron chi connectivity index (χ4n) is 2.34. The number of carbonyl (C=O) groups is 1. The monoisotopic (exact) mass is 317 g/mol. The van der Waals surface area contributed by atoms with Gasteiger partial charge >= 0.3 is 0 Å². The Bertz CT molecular complexity index is 829. The highest BCUT2D eigenvalue weighted by molar-refractivity contribution is 7.81. The van der Waals surface area contributed by atoms with Crippen LogP contribution in [0.3, 0.4) is 0 Å². The number of thiocarbonyl (C=S) groups is 1. The van der Waals surface area contributed by atoms with Gasteiger partial charge in [0.05, 0.1) is 4.86 Å². The Kier molecular flexibility index (Phi) is 4.60. The summed E-state index contributed by atoms with van der Waals surface area (Å²) in [5.41, 5.74) is 3.03. The molecule has 0 radical (unpaired) electrons. The molecule has 2 nitrogen and oxygen atoms in total. The van der Waals surface area contributed by atoms with Gasteiger partial charge in [0.1, 0.15) is 0 Å². The third kappa shape index (κ3) is 3.52. The van der Waals surface area contributed by atoms with Crippen molar-refractivity contribution < 1.29 is 4.79 Å². The summed E-state index contributed by atoms with van der Waals surface area (Å²) in [6.45, 7) is 0. The third-order valence-corrected chi connectivity index (χ3v) is 3.94. The molecule has 3 aromatic rings. The lowest BCUT2D eigenvalue weighted by Crippen LogP contribution is -2.16. The Hall–Kier alpha value is -2.78. The third-order valence-electron chi connectivity index (χ3n) is 3.48. The average Bonchev–Trinajstić information content (AvgIpc) is 2.62. The van der Waals surface area contributed by atoms with Crippen LogP contribution < -0.4 is 5.32 Å². The minimum Gasteiger partial charge on any atom is -0.322 e. The lowest BCUT2D eigenvalue weighted by molar-refractivity contribution is 0.102. The molecule has 0 bridgehead atoms. The van der Waals surface area contributed by atoms with Crippen molar-refractivity contribution in [2.75, 3.05) is 5.32 Å². The molecule has 3 aromatic carbocycles. The minimum absolute atomic E-state index is 0.162. The second-order valence-electron chi connectivity index (χ2n) is 5.06. The van der Waals surface area contributed by atoms with Gasteiger partial charge in [-0.3, -0.25) is 4.79 Å². The highest BCUT2D eigenvalue weighted by Crippen LogP contribution is 2.17. The second-order valence-corrected chi connectivity index (χ2v) is 5.47. The predicted octanol–water partition coefficient (Wildman–Crippen LogP) is 4.71. The maximum atomic E-state index is 12.6. The number of hydrogen-bond donors (Lipinski definition) is 1. The lowest BCUT2D eigenvalue weighted by Gasteiger charge is -2.11. The zero-order valence-electron chi connectivity index (χ0n) is 12.4.